The van der Waals surface area contributed by atoms with Crippen molar-refractivity contribution < 1.29 is 51.5 Å². The number of aromatic nitrogens is 2. The van der Waals surface area contributed by atoms with Crippen LogP contribution in [-0.2, 0) is 29.8 Å². The summed E-state index contributed by atoms with van der Waals surface area (Å²) < 4.78 is 63.6. The summed E-state index contributed by atoms with van der Waals surface area (Å²) in [4.78, 5) is 59.1. The maximum absolute atomic E-state index is 15.0. The number of amides is 5. The molecule has 304 valence electrons. The van der Waals surface area contributed by atoms with Crippen LogP contribution >= 0.6 is 0 Å². The Morgan fingerprint density at radius 2 is 1.80 bits per heavy atom. The molecule has 1 aromatic carbocycles. The van der Waals surface area contributed by atoms with Gasteiger partial charge in [0.1, 0.15) is 41.1 Å². The van der Waals surface area contributed by atoms with E-state index >= 15 is 4.39 Å². The van der Waals surface area contributed by atoms with E-state index in [9.17, 15) is 32.9 Å². The van der Waals surface area contributed by atoms with E-state index in [0.29, 0.717) is 17.5 Å². The number of nitrogens with one attached hydrogen (secondary N) is 4. The number of ether oxygens (including phenoxy) is 3. The van der Waals surface area contributed by atoms with Gasteiger partial charge >= 0.3 is 12.1 Å². The predicted octanol–water partition coefficient (Wildman–Crippen LogP) is 3.86. The summed E-state index contributed by atoms with van der Waals surface area (Å²) in [7, 11) is -3.37. The van der Waals surface area contributed by atoms with Crippen molar-refractivity contribution in [1.82, 2.24) is 25.9 Å². The van der Waals surface area contributed by atoms with E-state index in [1.54, 1.807) is 13.8 Å². The lowest BCUT2D eigenvalue weighted by atomic mass is 10.0. The fourth-order valence-corrected chi connectivity index (χ4v) is 6.79. The van der Waals surface area contributed by atoms with E-state index in [2.05, 4.69) is 35.6 Å². The molecule has 0 saturated heterocycles. The van der Waals surface area contributed by atoms with Gasteiger partial charge < -0.3 is 46.3 Å². The van der Waals surface area contributed by atoms with E-state index in [1.807, 2.05) is 0 Å². The molecule has 2 aromatic heterocycles. The van der Waals surface area contributed by atoms with Gasteiger partial charge in [0.15, 0.2) is 0 Å². The monoisotopic (exact) mass is 804 g/mol. The number of aliphatic hydroxyl groups is 1. The van der Waals surface area contributed by atoms with Crippen molar-refractivity contribution in [2.24, 2.45) is 16.0 Å². The van der Waals surface area contributed by atoms with Crippen molar-refractivity contribution in [2.75, 3.05) is 31.3 Å². The summed E-state index contributed by atoms with van der Waals surface area (Å²) in [6, 6.07) is 4.86. The maximum Gasteiger partial charge on any atom is 0.410 e. The first-order chi connectivity index (χ1) is 26.3. The number of anilines is 2. The zero-order chi connectivity index (χ0) is 41.2. The Morgan fingerprint density at radius 3 is 2.50 bits per heavy atom. The molecule has 7 N–H and O–H groups in total. The van der Waals surface area contributed by atoms with Gasteiger partial charge in [-0.1, -0.05) is 13.8 Å². The fourth-order valence-electron chi connectivity index (χ4n) is 5.43. The zero-order valence-electron chi connectivity index (χ0n) is 31.5. The van der Waals surface area contributed by atoms with Gasteiger partial charge in [0, 0.05) is 56.3 Å². The Kier molecular flexibility index (Phi) is 14.5. The molecular formula is C36H46F2N8O9S. The van der Waals surface area contributed by atoms with Crippen LogP contribution in [0.2, 0.25) is 0 Å². The summed E-state index contributed by atoms with van der Waals surface area (Å²) in [5.74, 6) is -4.96. The quantitative estimate of drug-likeness (QED) is 0.113. The Morgan fingerprint density at radius 1 is 1.07 bits per heavy atom. The number of benzene rings is 1. The Labute approximate surface area is 322 Å². The van der Waals surface area contributed by atoms with E-state index in [1.165, 1.54) is 56.5 Å². The molecule has 3 aromatic rings. The van der Waals surface area contributed by atoms with Crippen LogP contribution in [0, 0.1) is 17.6 Å². The molecule has 56 heavy (non-hydrogen) atoms. The molecule has 0 aliphatic carbocycles. The second kappa shape index (κ2) is 18.8. The van der Waals surface area contributed by atoms with Gasteiger partial charge in [0.25, 0.3) is 5.91 Å². The number of urea groups is 1. The van der Waals surface area contributed by atoms with Crippen LogP contribution < -0.4 is 36.5 Å². The highest BCUT2D eigenvalue weighted by Gasteiger charge is 2.31. The minimum Gasteiger partial charge on any atom is -0.493 e. The Balaban J connectivity index is 1.61. The van der Waals surface area contributed by atoms with Crippen molar-refractivity contribution in [2.45, 2.75) is 70.6 Å². The molecule has 17 nitrogen and oxygen atoms in total. The number of hydrogen-bond acceptors (Lipinski definition) is 12. The molecule has 1 aliphatic rings. The van der Waals surface area contributed by atoms with Gasteiger partial charge in [-0.05, 0) is 48.6 Å². The van der Waals surface area contributed by atoms with Crippen LogP contribution in [0.4, 0.5) is 30.0 Å². The molecule has 1 unspecified atom stereocenters. The maximum atomic E-state index is 15.0. The minimum atomic E-state index is -3.37. The number of alkyl carbamates (subject to hydrolysis) is 1. The number of pyridine rings is 2. The first-order valence-corrected chi connectivity index (χ1v) is 19.7. The van der Waals surface area contributed by atoms with Crippen molar-refractivity contribution in [3.05, 3.63) is 59.8 Å². The molecular weight excluding hydrogens is 759 g/mol. The highest BCUT2D eigenvalue weighted by Crippen LogP contribution is 2.34. The number of carbonyl (C=O) groups excluding carboxylic acids is 4. The van der Waals surface area contributed by atoms with Gasteiger partial charge in [0.2, 0.25) is 17.6 Å². The van der Waals surface area contributed by atoms with Crippen molar-refractivity contribution in [3.63, 3.8) is 0 Å². The van der Waals surface area contributed by atoms with Crippen molar-refractivity contribution in [3.8, 4) is 22.8 Å². The predicted molar refractivity (Wildman–Crippen MR) is 201 cm³/mol. The number of carbonyl (C=O) groups is 4. The molecule has 0 fully saturated rings. The Hall–Kier alpha value is -5.63. The summed E-state index contributed by atoms with van der Waals surface area (Å²) >= 11 is 0. The summed E-state index contributed by atoms with van der Waals surface area (Å²) in [6.07, 6.45) is 1.60. The van der Waals surface area contributed by atoms with E-state index < -0.39 is 69.1 Å². The number of rotatable bonds is 12. The third-order valence-corrected chi connectivity index (χ3v) is 9.30. The number of fused-ring (bicyclic) bond motifs is 6. The molecule has 20 heteroatoms. The van der Waals surface area contributed by atoms with Gasteiger partial charge in [0.05, 0.1) is 34.9 Å². The summed E-state index contributed by atoms with van der Waals surface area (Å²) in [6.45, 7) is 5.98. The third kappa shape index (κ3) is 13.3. The molecule has 0 saturated carbocycles. The van der Waals surface area contributed by atoms with Crippen LogP contribution in [0.5, 0.6) is 11.6 Å². The van der Waals surface area contributed by atoms with Gasteiger partial charge in [-0.3, -0.25) is 9.59 Å². The van der Waals surface area contributed by atoms with E-state index in [4.69, 9.17) is 19.9 Å². The van der Waals surface area contributed by atoms with Gasteiger partial charge in [-0.25, -0.2) is 27.6 Å². The number of nitrogens with zero attached hydrogens (tertiary/aromatic N) is 3. The first kappa shape index (κ1) is 43.1. The summed E-state index contributed by atoms with van der Waals surface area (Å²) in [5.41, 5.74) is 5.92. The topological polar surface area (TPSA) is 246 Å². The fraction of sp³-hybridized carbons (Fsp3) is 0.444. The third-order valence-electron chi connectivity index (χ3n) is 7.87. The van der Waals surface area contributed by atoms with Gasteiger partial charge in [-0.15, -0.1) is 0 Å². The molecule has 5 amide bonds. The average molecular weight is 805 g/mol. The molecule has 1 aliphatic heterocycles. The highest BCUT2D eigenvalue weighted by molar-refractivity contribution is 7.92. The van der Waals surface area contributed by atoms with Crippen LogP contribution in [0.3, 0.4) is 0 Å². The standard InChI is InChI=1S/C36H46F2N8O9S/c1-20(2)31(45-35(50)55-36(3,4)51)33(48)42-26(8-6-11-40-34(39)49)32(47)46-56(5,52)19-21-14-29-43-28-17-24(25(38)18-41-28)23-10-9-22(37)16-27(23)53-12-7-13-54-30(15-21)44-29/h9-10,14-18,20,26,31,51H,6-8,11-13,19H2,1-5H3,(H,42,48)(H,45,50)(H3,39,40,49)(H,41,43,44)/t26-,31-,56?/m0/s1. The molecule has 0 spiro atoms. The zero-order valence-corrected chi connectivity index (χ0v) is 32.3. The summed E-state index contributed by atoms with van der Waals surface area (Å²) in [5, 5.41) is 20.1. The van der Waals surface area contributed by atoms with Crippen LogP contribution in [0.1, 0.15) is 52.5 Å². The lowest BCUT2D eigenvalue weighted by molar-refractivity contribution is -0.136. The highest BCUT2D eigenvalue weighted by atomic mass is 32.2. The van der Waals surface area contributed by atoms with Crippen molar-refractivity contribution >= 4 is 45.3 Å². The molecule has 4 bridgehead atoms. The first-order valence-electron chi connectivity index (χ1n) is 17.6. The Bertz CT molecular complexity index is 2050. The van der Waals surface area contributed by atoms with Crippen LogP contribution in [-0.4, -0.2) is 87.1 Å². The smallest absolute Gasteiger partial charge is 0.410 e. The van der Waals surface area contributed by atoms with Crippen molar-refractivity contribution in [1.29, 1.82) is 0 Å². The SMILES string of the molecule is CC(C)[C@H](NC(=O)OC(C)(C)O)C(=O)N[C@@H](CCCNC(N)=O)C(=O)N=S(C)(=O)Cc1cc2nc(c1)OCCCOc1cc(F)ccc1-c1cc(ncc1F)N2. The number of hydrogen-bond donors (Lipinski definition) is 6. The lowest BCUT2D eigenvalue weighted by Crippen LogP contribution is -2.54. The van der Waals surface area contributed by atoms with Gasteiger partial charge in [-0.2, -0.15) is 9.35 Å². The lowest BCUT2D eigenvalue weighted by Gasteiger charge is -2.26. The van der Waals surface area contributed by atoms with Crippen LogP contribution in [0.25, 0.3) is 11.1 Å². The average Bonchev–Trinajstić information content (AvgIpc) is 3.07. The van der Waals surface area contributed by atoms with E-state index in [0.717, 1.165) is 6.20 Å². The molecule has 0 radical (unpaired) electrons. The second-order valence-electron chi connectivity index (χ2n) is 13.8. The number of primary amides is 1. The molecule has 4 rings (SSSR count). The molecule has 3 atom stereocenters. The number of nitrogens with two attached hydrogens (primary N) is 1. The molecule has 3 heterocycles. The normalized spacial score (nSPS) is 14.8. The van der Waals surface area contributed by atoms with Crippen LogP contribution in [0.15, 0.2) is 47.0 Å². The van der Waals surface area contributed by atoms with E-state index in [-0.39, 0.29) is 67.2 Å². The second-order valence-corrected chi connectivity index (χ2v) is 16.2. The number of halogens is 2. The largest absolute Gasteiger partial charge is 0.493 e. The minimum absolute atomic E-state index is 0.0530.